The molecule has 0 spiro atoms. The number of rotatable bonds is 5. The fourth-order valence-electron chi connectivity index (χ4n) is 1.94. The predicted octanol–water partition coefficient (Wildman–Crippen LogP) is 3.64. The van der Waals surface area contributed by atoms with Crippen LogP contribution in [0.2, 0.25) is 0 Å². The van der Waals surface area contributed by atoms with Crippen LogP contribution in [0.1, 0.15) is 0 Å². The Morgan fingerprint density at radius 2 is 1.57 bits per heavy atom. The summed E-state index contributed by atoms with van der Waals surface area (Å²) in [6, 6.07) is 9.39. The van der Waals surface area contributed by atoms with Crippen LogP contribution in [0.5, 0.6) is 17.2 Å². The molecule has 0 saturated carbocycles. The number of methoxy groups -OCH3 is 3. The summed E-state index contributed by atoms with van der Waals surface area (Å²) in [4.78, 5) is 0. The van der Waals surface area contributed by atoms with Crippen molar-refractivity contribution in [2.45, 2.75) is 0 Å². The van der Waals surface area contributed by atoms with Crippen LogP contribution in [-0.4, -0.2) is 21.3 Å². The second-order valence-corrected chi connectivity index (χ2v) is 5.44. The van der Waals surface area contributed by atoms with Gasteiger partial charge in [-0.15, -0.1) is 0 Å². The number of ether oxygens (including phenoxy) is 3. The number of nitrogens with one attached hydrogen (secondary N) is 1. The average molecular weight is 400 g/mol. The summed E-state index contributed by atoms with van der Waals surface area (Å²) < 4.78 is 17.0. The van der Waals surface area contributed by atoms with E-state index in [0.717, 1.165) is 20.6 Å². The van der Waals surface area contributed by atoms with E-state index >= 15 is 0 Å². The number of halogens is 1. The molecular weight excluding hydrogens is 383 g/mol. The van der Waals surface area contributed by atoms with Crippen molar-refractivity contribution >= 4 is 39.7 Å². The molecule has 0 saturated heterocycles. The lowest BCUT2D eigenvalue weighted by Gasteiger charge is -2.15. The van der Waals surface area contributed by atoms with E-state index in [2.05, 4.69) is 27.9 Å². The molecule has 21 heavy (non-hydrogen) atoms. The summed E-state index contributed by atoms with van der Waals surface area (Å²) in [5.74, 6) is 1.77. The molecule has 0 bridgehead atoms. The molecule has 0 heterocycles. The summed E-state index contributed by atoms with van der Waals surface area (Å²) in [5, 5.41) is 3.32. The van der Waals surface area contributed by atoms with E-state index in [9.17, 15) is 0 Å². The first-order valence-corrected chi connectivity index (χ1v) is 7.29. The van der Waals surface area contributed by atoms with Gasteiger partial charge in [-0.05, 0) is 40.8 Å². The summed E-state index contributed by atoms with van der Waals surface area (Å²) in [5.41, 5.74) is 8.29. The van der Waals surface area contributed by atoms with Gasteiger partial charge in [0.05, 0.1) is 27.0 Å². The number of nitrogens with two attached hydrogens (primary N) is 1. The van der Waals surface area contributed by atoms with E-state index < -0.39 is 0 Å². The first kappa shape index (κ1) is 15.6. The van der Waals surface area contributed by atoms with Crippen molar-refractivity contribution < 1.29 is 14.2 Å². The van der Waals surface area contributed by atoms with Crippen LogP contribution in [0.15, 0.2) is 30.3 Å². The molecule has 112 valence electrons. The molecule has 0 amide bonds. The average Bonchev–Trinajstić information content (AvgIpc) is 2.49. The Bertz CT molecular complexity index is 622. The van der Waals surface area contributed by atoms with Crippen molar-refractivity contribution in [1.82, 2.24) is 0 Å². The Balaban J connectivity index is 2.40. The largest absolute Gasteiger partial charge is 0.493 e. The van der Waals surface area contributed by atoms with E-state index in [4.69, 9.17) is 19.9 Å². The molecule has 5 nitrogen and oxygen atoms in total. The van der Waals surface area contributed by atoms with Gasteiger partial charge in [-0.25, -0.2) is 0 Å². The molecule has 2 aromatic rings. The fraction of sp³-hybridized carbons (Fsp3) is 0.200. The van der Waals surface area contributed by atoms with Gasteiger partial charge < -0.3 is 25.3 Å². The van der Waals surface area contributed by atoms with Crippen LogP contribution in [-0.2, 0) is 0 Å². The van der Waals surface area contributed by atoms with Crippen molar-refractivity contribution in [2.24, 2.45) is 0 Å². The van der Waals surface area contributed by atoms with Crippen LogP contribution in [0.3, 0.4) is 0 Å². The highest BCUT2D eigenvalue weighted by Gasteiger charge is 2.13. The topological polar surface area (TPSA) is 65.7 Å². The molecule has 0 radical (unpaired) electrons. The zero-order valence-electron chi connectivity index (χ0n) is 12.1. The Labute approximate surface area is 137 Å². The first-order valence-electron chi connectivity index (χ1n) is 6.21. The number of nitrogen functional groups attached to an aromatic ring is 1. The van der Waals surface area contributed by atoms with Crippen molar-refractivity contribution in [3.05, 3.63) is 33.9 Å². The lowest BCUT2D eigenvalue weighted by atomic mass is 10.2. The van der Waals surface area contributed by atoms with E-state index in [-0.39, 0.29) is 0 Å². The highest BCUT2D eigenvalue weighted by Crippen LogP contribution is 2.40. The van der Waals surface area contributed by atoms with Crippen molar-refractivity contribution in [3.8, 4) is 17.2 Å². The predicted molar refractivity (Wildman–Crippen MR) is 93.0 cm³/mol. The normalized spacial score (nSPS) is 10.1. The fourth-order valence-corrected chi connectivity index (χ4v) is 2.62. The van der Waals surface area contributed by atoms with Gasteiger partial charge in [-0.3, -0.25) is 0 Å². The van der Waals surface area contributed by atoms with Gasteiger partial charge in [-0.1, -0.05) is 0 Å². The van der Waals surface area contributed by atoms with Gasteiger partial charge in [-0.2, -0.15) is 0 Å². The standard InChI is InChI=1S/C15H17IN2O3/c1-19-13-7-10(8-14(20-2)15(13)21-3)18-12-5-4-9(17)6-11(12)16/h4-8,18H,17H2,1-3H3. The maximum atomic E-state index is 5.76. The SMILES string of the molecule is COc1cc(Nc2ccc(N)cc2I)cc(OC)c1OC. The number of hydrogen-bond acceptors (Lipinski definition) is 5. The highest BCUT2D eigenvalue weighted by atomic mass is 127. The van der Waals surface area contributed by atoms with Crippen molar-refractivity contribution in [3.63, 3.8) is 0 Å². The molecule has 0 fully saturated rings. The third-order valence-electron chi connectivity index (χ3n) is 2.94. The summed E-state index contributed by atoms with van der Waals surface area (Å²) in [7, 11) is 4.76. The molecule has 0 aromatic heterocycles. The molecule has 0 atom stereocenters. The van der Waals surface area contributed by atoms with Crippen molar-refractivity contribution in [1.29, 1.82) is 0 Å². The lowest BCUT2D eigenvalue weighted by molar-refractivity contribution is 0.324. The van der Waals surface area contributed by atoms with E-state index in [1.807, 2.05) is 30.3 Å². The molecule has 2 rings (SSSR count). The molecule has 0 aliphatic heterocycles. The van der Waals surface area contributed by atoms with E-state index in [1.54, 1.807) is 21.3 Å². The Morgan fingerprint density at radius 1 is 0.952 bits per heavy atom. The van der Waals surface area contributed by atoms with Gasteiger partial charge in [0.2, 0.25) is 5.75 Å². The molecule has 2 aromatic carbocycles. The first-order chi connectivity index (χ1) is 10.1. The van der Waals surface area contributed by atoms with Gasteiger partial charge in [0.25, 0.3) is 0 Å². The number of benzene rings is 2. The van der Waals surface area contributed by atoms with Crippen LogP contribution in [0.4, 0.5) is 17.1 Å². The van der Waals surface area contributed by atoms with Crippen LogP contribution in [0, 0.1) is 3.57 Å². The van der Waals surface area contributed by atoms with Crippen LogP contribution >= 0.6 is 22.6 Å². The van der Waals surface area contributed by atoms with E-state index in [1.165, 1.54) is 0 Å². The molecule has 3 N–H and O–H groups in total. The third-order valence-corrected chi connectivity index (χ3v) is 3.83. The minimum absolute atomic E-state index is 0.567. The monoisotopic (exact) mass is 400 g/mol. The van der Waals surface area contributed by atoms with Gasteiger partial charge in [0.15, 0.2) is 11.5 Å². The third kappa shape index (κ3) is 3.44. The van der Waals surface area contributed by atoms with Gasteiger partial charge >= 0.3 is 0 Å². The zero-order valence-corrected chi connectivity index (χ0v) is 14.2. The Morgan fingerprint density at radius 3 is 2.05 bits per heavy atom. The summed E-state index contributed by atoms with van der Waals surface area (Å²) >= 11 is 2.23. The maximum absolute atomic E-state index is 5.76. The minimum atomic E-state index is 0.567. The number of hydrogen-bond donors (Lipinski definition) is 2. The van der Waals surface area contributed by atoms with Crippen LogP contribution in [0.25, 0.3) is 0 Å². The molecule has 6 heteroatoms. The minimum Gasteiger partial charge on any atom is -0.493 e. The Kier molecular flexibility index (Phi) is 5.00. The van der Waals surface area contributed by atoms with Crippen LogP contribution < -0.4 is 25.3 Å². The van der Waals surface area contributed by atoms with Crippen molar-refractivity contribution in [2.75, 3.05) is 32.4 Å². The Hall–Kier alpha value is -1.83. The molecule has 0 aliphatic rings. The zero-order chi connectivity index (χ0) is 15.4. The second kappa shape index (κ2) is 6.75. The summed E-state index contributed by atoms with van der Waals surface area (Å²) in [6.07, 6.45) is 0. The second-order valence-electron chi connectivity index (χ2n) is 4.28. The molecule has 0 aliphatic carbocycles. The quantitative estimate of drug-likeness (QED) is 0.593. The lowest BCUT2D eigenvalue weighted by Crippen LogP contribution is -1.99. The maximum Gasteiger partial charge on any atom is 0.203 e. The highest BCUT2D eigenvalue weighted by molar-refractivity contribution is 14.1. The molecule has 0 unspecified atom stereocenters. The molecular formula is C15H17IN2O3. The number of anilines is 3. The van der Waals surface area contributed by atoms with Gasteiger partial charge in [0, 0.05) is 27.1 Å². The smallest absolute Gasteiger partial charge is 0.203 e. The summed E-state index contributed by atoms with van der Waals surface area (Å²) in [6.45, 7) is 0. The van der Waals surface area contributed by atoms with E-state index in [0.29, 0.717) is 17.2 Å². The van der Waals surface area contributed by atoms with Gasteiger partial charge in [0.1, 0.15) is 0 Å².